The van der Waals surface area contributed by atoms with Crippen LogP contribution in [0.4, 0.5) is 0 Å². The number of amides is 1. The molecule has 3 heterocycles. The first kappa shape index (κ1) is 12.2. The molecule has 0 saturated carbocycles. The highest BCUT2D eigenvalue weighted by Gasteiger charge is 2.29. The number of rotatable bonds is 2. The lowest BCUT2D eigenvalue weighted by Crippen LogP contribution is -2.42. The first-order valence-corrected chi connectivity index (χ1v) is 6.67. The highest BCUT2D eigenvalue weighted by Crippen LogP contribution is 2.21. The molecule has 0 spiro atoms. The van der Waals surface area contributed by atoms with Crippen molar-refractivity contribution in [2.24, 2.45) is 0 Å². The van der Waals surface area contributed by atoms with E-state index in [1.807, 2.05) is 6.92 Å². The van der Waals surface area contributed by atoms with Crippen LogP contribution in [-0.4, -0.2) is 45.0 Å². The van der Waals surface area contributed by atoms with Gasteiger partial charge in [0.1, 0.15) is 6.10 Å². The average molecular weight is 280 g/mol. The van der Waals surface area contributed by atoms with Crippen molar-refractivity contribution in [2.45, 2.75) is 13.0 Å². The molecule has 8 heteroatoms. The molecule has 2 aromatic heterocycles. The third-order valence-corrected chi connectivity index (χ3v) is 3.72. The molecule has 19 heavy (non-hydrogen) atoms. The summed E-state index contributed by atoms with van der Waals surface area (Å²) < 4.78 is 14.4. The lowest BCUT2D eigenvalue weighted by atomic mass is 10.2. The third kappa shape index (κ3) is 2.36. The van der Waals surface area contributed by atoms with Gasteiger partial charge in [-0.05, 0) is 18.5 Å². The van der Waals surface area contributed by atoms with Crippen LogP contribution in [0, 0.1) is 6.92 Å². The van der Waals surface area contributed by atoms with Crippen LogP contribution in [0.5, 0.6) is 0 Å². The standard InChI is InChI=1S/C11H12N4O3S/c1-7-8(5-19-14-7)11(16)15-2-3-17-9(4-15)10-12-6-18-13-10/h5-6,9H,2-4H2,1H3. The summed E-state index contributed by atoms with van der Waals surface area (Å²) in [5, 5.41) is 5.53. The molecule has 1 unspecified atom stereocenters. The zero-order valence-electron chi connectivity index (χ0n) is 10.3. The summed E-state index contributed by atoms with van der Waals surface area (Å²) in [6.45, 7) is 3.28. The molecule has 1 fully saturated rings. The molecular weight excluding hydrogens is 268 g/mol. The predicted molar refractivity (Wildman–Crippen MR) is 65.7 cm³/mol. The quantitative estimate of drug-likeness (QED) is 0.817. The van der Waals surface area contributed by atoms with Gasteiger partial charge in [0, 0.05) is 11.9 Å². The Bertz CT molecular complexity index is 568. The molecule has 1 saturated heterocycles. The Morgan fingerprint density at radius 2 is 2.47 bits per heavy atom. The molecular formula is C11H12N4O3S. The van der Waals surface area contributed by atoms with Crippen LogP contribution in [0.25, 0.3) is 0 Å². The minimum absolute atomic E-state index is 0.0250. The van der Waals surface area contributed by atoms with Crippen LogP contribution in [-0.2, 0) is 4.74 Å². The zero-order chi connectivity index (χ0) is 13.2. The van der Waals surface area contributed by atoms with Crippen LogP contribution in [0.15, 0.2) is 16.3 Å². The van der Waals surface area contributed by atoms with E-state index in [1.165, 1.54) is 17.9 Å². The Kier molecular flexibility index (Phi) is 3.26. The minimum atomic E-state index is -0.330. The number of morpholine rings is 1. The van der Waals surface area contributed by atoms with Gasteiger partial charge in [-0.2, -0.15) is 9.36 Å². The maximum atomic E-state index is 12.4. The van der Waals surface area contributed by atoms with Gasteiger partial charge in [-0.15, -0.1) is 0 Å². The smallest absolute Gasteiger partial charge is 0.256 e. The number of nitrogens with zero attached hydrogens (tertiary/aromatic N) is 4. The summed E-state index contributed by atoms with van der Waals surface area (Å²) in [6, 6.07) is 0. The maximum absolute atomic E-state index is 12.4. The summed E-state index contributed by atoms with van der Waals surface area (Å²) in [5.41, 5.74) is 1.41. The van der Waals surface area contributed by atoms with Gasteiger partial charge in [-0.1, -0.05) is 5.16 Å². The molecule has 1 atom stereocenters. The lowest BCUT2D eigenvalue weighted by Gasteiger charge is -2.31. The minimum Gasteiger partial charge on any atom is -0.366 e. The van der Waals surface area contributed by atoms with Crippen molar-refractivity contribution in [3.8, 4) is 0 Å². The fraction of sp³-hybridized carbons (Fsp3) is 0.455. The van der Waals surface area contributed by atoms with E-state index in [9.17, 15) is 4.79 Å². The monoisotopic (exact) mass is 280 g/mol. The van der Waals surface area contributed by atoms with Crippen molar-refractivity contribution in [2.75, 3.05) is 19.7 Å². The van der Waals surface area contributed by atoms with Crippen molar-refractivity contribution in [3.63, 3.8) is 0 Å². The molecule has 1 aliphatic heterocycles. The van der Waals surface area contributed by atoms with Gasteiger partial charge < -0.3 is 14.2 Å². The molecule has 0 aromatic carbocycles. The molecule has 1 amide bonds. The van der Waals surface area contributed by atoms with Crippen LogP contribution >= 0.6 is 11.5 Å². The molecule has 0 N–H and O–H groups in total. The van der Waals surface area contributed by atoms with Crippen molar-refractivity contribution in [1.29, 1.82) is 0 Å². The fourth-order valence-electron chi connectivity index (χ4n) is 1.98. The van der Waals surface area contributed by atoms with E-state index < -0.39 is 0 Å². The van der Waals surface area contributed by atoms with Crippen molar-refractivity contribution in [3.05, 3.63) is 28.9 Å². The number of carbonyl (C=O) groups excluding carboxylic acids is 1. The number of aromatic nitrogens is 3. The molecule has 7 nitrogen and oxygen atoms in total. The molecule has 0 bridgehead atoms. The van der Waals surface area contributed by atoms with Gasteiger partial charge in [0.2, 0.25) is 12.2 Å². The topological polar surface area (TPSA) is 81.4 Å². The summed E-state index contributed by atoms with van der Waals surface area (Å²) in [5.74, 6) is 0.445. The summed E-state index contributed by atoms with van der Waals surface area (Å²) in [7, 11) is 0. The van der Waals surface area contributed by atoms with E-state index in [2.05, 4.69) is 14.5 Å². The van der Waals surface area contributed by atoms with E-state index >= 15 is 0 Å². The van der Waals surface area contributed by atoms with E-state index in [0.717, 1.165) is 5.69 Å². The Labute approximate surface area is 113 Å². The largest absolute Gasteiger partial charge is 0.366 e. The van der Waals surface area contributed by atoms with E-state index in [1.54, 1.807) is 10.3 Å². The second-order valence-corrected chi connectivity index (χ2v) is 4.84. The third-order valence-electron chi connectivity index (χ3n) is 3.00. The van der Waals surface area contributed by atoms with Crippen LogP contribution < -0.4 is 0 Å². The number of hydrogen-bond acceptors (Lipinski definition) is 7. The molecule has 2 aromatic rings. The van der Waals surface area contributed by atoms with E-state index in [0.29, 0.717) is 31.1 Å². The predicted octanol–water partition coefficient (Wildman–Crippen LogP) is 1.05. The lowest BCUT2D eigenvalue weighted by molar-refractivity contribution is -0.0276. The van der Waals surface area contributed by atoms with Gasteiger partial charge in [0.25, 0.3) is 5.91 Å². The van der Waals surface area contributed by atoms with Gasteiger partial charge in [-0.25, -0.2) is 0 Å². The van der Waals surface area contributed by atoms with E-state index in [4.69, 9.17) is 9.26 Å². The van der Waals surface area contributed by atoms with Crippen LogP contribution in [0.3, 0.4) is 0 Å². The number of hydrogen-bond donors (Lipinski definition) is 0. The van der Waals surface area contributed by atoms with Crippen molar-refractivity contribution in [1.82, 2.24) is 19.4 Å². The normalized spacial score (nSPS) is 19.6. The average Bonchev–Trinajstić information content (AvgIpc) is 3.09. The number of carbonyl (C=O) groups is 1. The van der Waals surface area contributed by atoms with Gasteiger partial charge >= 0.3 is 0 Å². The highest BCUT2D eigenvalue weighted by atomic mass is 32.1. The Hall–Kier alpha value is -1.80. The van der Waals surface area contributed by atoms with Gasteiger partial charge in [0.05, 0.1) is 24.4 Å². The Morgan fingerprint density at radius 3 is 3.16 bits per heavy atom. The number of ether oxygens (including phenoxy) is 1. The number of aryl methyl sites for hydroxylation is 1. The summed E-state index contributed by atoms with van der Waals surface area (Å²) >= 11 is 1.29. The Morgan fingerprint density at radius 1 is 1.58 bits per heavy atom. The first-order valence-electron chi connectivity index (χ1n) is 5.84. The SMILES string of the molecule is Cc1nscc1C(=O)N1CCOC(c2ncon2)C1. The van der Waals surface area contributed by atoms with Gasteiger partial charge in [-0.3, -0.25) is 4.79 Å². The van der Waals surface area contributed by atoms with Crippen LogP contribution in [0.2, 0.25) is 0 Å². The first-order chi connectivity index (χ1) is 9.25. The summed E-state index contributed by atoms with van der Waals surface area (Å²) in [4.78, 5) is 18.1. The fourth-order valence-corrected chi connectivity index (χ4v) is 2.66. The highest BCUT2D eigenvalue weighted by molar-refractivity contribution is 7.03. The van der Waals surface area contributed by atoms with Crippen LogP contribution in [0.1, 0.15) is 28.0 Å². The van der Waals surface area contributed by atoms with Crippen molar-refractivity contribution >= 4 is 17.4 Å². The van der Waals surface area contributed by atoms with Gasteiger partial charge in [0.15, 0.2) is 0 Å². The molecule has 0 radical (unpaired) electrons. The molecule has 100 valence electrons. The van der Waals surface area contributed by atoms with E-state index in [-0.39, 0.29) is 12.0 Å². The molecule has 1 aliphatic rings. The molecule has 0 aliphatic carbocycles. The second kappa shape index (κ2) is 5.06. The Balaban J connectivity index is 1.75. The second-order valence-electron chi connectivity index (χ2n) is 4.21. The molecule has 3 rings (SSSR count). The maximum Gasteiger partial charge on any atom is 0.256 e. The van der Waals surface area contributed by atoms with Crippen molar-refractivity contribution < 1.29 is 14.1 Å². The zero-order valence-corrected chi connectivity index (χ0v) is 11.1. The summed E-state index contributed by atoms with van der Waals surface area (Å²) in [6.07, 6.45) is 0.926.